The highest BCUT2D eigenvalue weighted by molar-refractivity contribution is 5.96. The summed E-state index contributed by atoms with van der Waals surface area (Å²) >= 11 is 0. The molecule has 272 valence electrons. The molecular weight excluding hydrogens is 660 g/mol. The van der Waals surface area contributed by atoms with E-state index < -0.39 is 0 Å². The van der Waals surface area contributed by atoms with Gasteiger partial charge in [-0.15, -0.1) is 0 Å². The molecule has 0 bridgehead atoms. The van der Waals surface area contributed by atoms with E-state index in [1.165, 1.54) is 19.3 Å². The third-order valence-corrected chi connectivity index (χ3v) is 10.1. The van der Waals surface area contributed by atoms with E-state index in [0.29, 0.717) is 43.5 Å². The Hall–Kier alpha value is -5.43. The maximum absolute atomic E-state index is 13.4. The van der Waals surface area contributed by atoms with Crippen LogP contribution >= 0.6 is 0 Å². The molecule has 13 heteroatoms. The molecule has 0 atom stereocenters. The highest BCUT2D eigenvalue weighted by Crippen LogP contribution is 2.32. The summed E-state index contributed by atoms with van der Waals surface area (Å²) in [7, 11) is 0. The summed E-state index contributed by atoms with van der Waals surface area (Å²) in [6.45, 7) is 3.46. The summed E-state index contributed by atoms with van der Waals surface area (Å²) in [5.74, 6) is 1.66. The van der Waals surface area contributed by atoms with E-state index in [1.54, 1.807) is 6.20 Å². The van der Waals surface area contributed by atoms with Crippen molar-refractivity contribution in [3.05, 3.63) is 89.4 Å². The maximum Gasteiger partial charge on any atom is 0.290 e. The van der Waals surface area contributed by atoms with Crippen molar-refractivity contribution in [1.29, 1.82) is 0 Å². The molecule has 2 aliphatic heterocycles. The number of carbonyl (C=O) groups excluding carboxylic acids is 2. The van der Waals surface area contributed by atoms with Gasteiger partial charge in [-0.2, -0.15) is 0 Å². The highest BCUT2D eigenvalue weighted by Gasteiger charge is 2.31. The number of aliphatic hydroxyl groups is 1. The number of hydrogen-bond donors (Lipinski definition) is 4. The van der Waals surface area contributed by atoms with E-state index in [2.05, 4.69) is 30.5 Å². The third kappa shape index (κ3) is 9.07. The second kappa shape index (κ2) is 17.7. The Morgan fingerprint density at radius 2 is 1.67 bits per heavy atom. The molecule has 1 saturated heterocycles. The third-order valence-electron chi connectivity index (χ3n) is 10.1. The smallest absolute Gasteiger partial charge is 0.290 e. The van der Waals surface area contributed by atoms with E-state index in [4.69, 9.17) is 14.9 Å². The molecule has 2 fully saturated rings. The molecule has 3 aliphatic rings. The number of aromatic nitrogens is 4. The average Bonchev–Trinajstić information content (AvgIpc) is 3.20. The van der Waals surface area contributed by atoms with Crippen molar-refractivity contribution >= 4 is 35.9 Å². The molecule has 7 rings (SSSR count). The van der Waals surface area contributed by atoms with Crippen LogP contribution in [0.1, 0.15) is 72.0 Å². The van der Waals surface area contributed by atoms with Gasteiger partial charge >= 0.3 is 0 Å². The van der Waals surface area contributed by atoms with Crippen LogP contribution in [0.25, 0.3) is 11.3 Å². The van der Waals surface area contributed by atoms with Gasteiger partial charge in [0, 0.05) is 80.7 Å². The zero-order valence-corrected chi connectivity index (χ0v) is 29.3. The van der Waals surface area contributed by atoms with Crippen LogP contribution in [0, 0.1) is 11.8 Å². The quantitative estimate of drug-likeness (QED) is 0.173. The number of rotatable bonds is 9. The van der Waals surface area contributed by atoms with Crippen LogP contribution in [-0.4, -0.2) is 79.6 Å². The monoisotopic (exact) mass is 706 g/mol. The van der Waals surface area contributed by atoms with Crippen molar-refractivity contribution in [3.8, 4) is 11.3 Å². The van der Waals surface area contributed by atoms with Crippen molar-refractivity contribution in [2.24, 2.45) is 11.8 Å². The standard InChI is InChI=1S/C38H44N8O3.CH2O2/c47-25-26-10-12-28(13-11-26)36(49)46-19-15-32-29(24-46)7-5-9-33(32)35(48)40-21-27-6-4-8-31(20-27)43-37-39-16-14-34(44-37)30-22-41-38(42-23-30)45-17-2-1-3-18-45;2-1-3/h4-9,14,16,20,22-23,26,28,47H,1-3,10-13,15,17-19,21,24-25H2,(H,40,48)(H,39,43,44);1H,(H,2,3). The molecule has 52 heavy (non-hydrogen) atoms. The van der Waals surface area contributed by atoms with Crippen LogP contribution in [0.3, 0.4) is 0 Å². The Balaban J connectivity index is 0.00000150. The van der Waals surface area contributed by atoms with Crippen molar-refractivity contribution in [3.63, 3.8) is 0 Å². The number of carbonyl (C=O) groups is 3. The number of nitrogens with one attached hydrogen (secondary N) is 2. The van der Waals surface area contributed by atoms with Gasteiger partial charge in [-0.3, -0.25) is 14.4 Å². The number of benzene rings is 2. The molecule has 1 saturated carbocycles. The van der Waals surface area contributed by atoms with E-state index in [-0.39, 0.29) is 30.8 Å². The van der Waals surface area contributed by atoms with Gasteiger partial charge in [0.15, 0.2) is 0 Å². The molecule has 1 aliphatic carbocycles. The Morgan fingerprint density at radius 3 is 2.42 bits per heavy atom. The minimum absolute atomic E-state index is 0.0350. The van der Waals surface area contributed by atoms with E-state index >= 15 is 0 Å². The first-order chi connectivity index (χ1) is 25.4. The van der Waals surface area contributed by atoms with E-state index in [0.717, 1.165) is 78.4 Å². The van der Waals surface area contributed by atoms with Crippen LogP contribution in [0.5, 0.6) is 0 Å². The molecule has 2 amide bonds. The predicted molar refractivity (Wildman–Crippen MR) is 197 cm³/mol. The lowest BCUT2D eigenvalue weighted by Gasteiger charge is -2.35. The van der Waals surface area contributed by atoms with Gasteiger partial charge in [-0.05, 0) is 98.2 Å². The van der Waals surface area contributed by atoms with E-state index in [9.17, 15) is 14.7 Å². The summed E-state index contributed by atoms with van der Waals surface area (Å²) in [6, 6.07) is 15.5. The first-order valence-electron chi connectivity index (χ1n) is 18.1. The molecule has 2 aromatic carbocycles. The van der Waals surface area contributed by atoms with Crippen molar-refractivity contribution in [2.75, 3.05) is 36.5 Å². The zero-order chi connectivity index (χ0) is 36.3. The highest BCUT2D eigenvalue weighted by atomic mass is 16.3. The molecule has 0 spiro atoms. The first-order valence-corrected chi connectivity index (χ1v) is 18.1. The molecular formula is C39H46N8O5. The summed E-state index contributed by atoms with van der Waals surface area (Å²) in [5, 5.41) is 22.7. The van der Waals surface area contributed by atoms with Gasteiger partial charge in [0.05, 0.1) is 5.69 Å². The summed E-state index contributed by atoms with van der Waals surface area (Å²) in [4.78, 5) is 57.5. The summed E-state index contributed by atoms with van der Waals surface area (Å²) in [5.41, 5.74) is 6.03. The number of aliphatic hydroxyl groups excluding tert-OH is 1. The first kappa shape index (κ1) is 36.4. The van der Waals surface area contributed by atoms with Crippen LogP contribution in [0.4, 0.5) is 17.6 Å². The zero-order valence-electron chi connectivity index (χ0n) is 29.3. The predicted octanol–water partition coefficient (Wildman–Crippen LogP) is 4.98. The minimum Gasteiger partial charge on any atom is -0.483 e. The van der Waals surface area contributed by atoms with Gasteiger partial charge in [-0.1, -0.05) is 24.3 Å². The normalized spacial score (nSPS) is 18.3. The van der Waals surface area contributed by atoms with Crippen molar-refractivity contribution in [2.45, 2.75) is 64.5 Å². The fraction of sp³-hybridized carbons (Fsp3) is 0.410. The molecule has 2 aromatic heterocycles. The summed E-state index contributed by atoms with van der Waals surface area (Å²) < 4.78 is 0. The molecule has 0 unspecified atom stereocenters. The number of nitrogens with zero attached hydrogens (tertiary/aromatic N) is 6. The molecule has 4 heterocycles. The number of hydrogen-bond acceptors (Lipinski definition) is 10. The molecule has 4 N–H and O–H groups in total. The van der Waals surface area contributed by atoms with Gasteiger partial charge in [0.25, 0.3) is 12.4 Å². The van der Waals surface area contributed by atoms with Crippen molar-refractivity contribution in [1.82, 2.24) is 30.2 Å². The van der Waals surface area contributed by atoms with Crippen LogP contribution in [0.2, 0.25) is 0 Å². The Labute approximate surface area is 303 Å². The lowest BCUT2D eigenvalue weighted by molar-refractivity contribution is -0.138. The molecule has 0 radical (unpaired) electrons. The minimum atomic E-state index is -0.250. The van der Waals surface area contributed by atoms with Gasteiger partial charge in [-0.25, -0.2) is 19.9 Å². The molecule has 13 nitrogen and oxygen atoms in total. The van der Waals surface area contributed by atoms with Gasteiger partial charge in [0.2, 0.25) is 17.8 Å². The van der Waals surface area contributed by atoms with Crippen LogP contribution in [-0.2, 0) is 29.1 Å². The lowest BCUT2D eigenvalue weighted by Crippen LogP contribution is -2.41. The van der Waals surface area contributed by atoms with Crippen LogP contribution < -0.4 is 15.5 Å². The number of piperidine rings is 1. The van der Waals surface area contributed by atoms with Gasteiger partial charge < -0.3 is 30.6 Å². The Morgan fingerprint density at radius 1 is 0.923 bits per heavy atom. The second-order valence-corrected chi connectivity index (χ2v) is 13.6. The van der Waals surface area contributed by atoms with Crippen molar-refractivity contribution < 1.29 is 24.6 Å². The van der Waals surface area contributed by atoms with Gasteiger partial charge in [0.1, 0.15) is 0 Å². The number of amides is 2. The second-order valence-electron chi connectivity index (χ2n) is 13.6. The topological polar surface area (TPSA) is 174 Å². The number of anilines is 3. The number of carboxylic acid groups (broad SMARTS) is 1. The SMILES string of the molecule is O=C(NCc1cccc(Nc2nccc(-c3cnc(N4CCCCC4)nc3)n2)c1)c1cccc2c1CCN(C(=O)C1CCC(CO)CC1)C2.O=CO. The largest absolute Gasteiger partial charge is 0.483 e. The fourth-order valence-electron chi connectivity index (χ4n) is 7.32. The van der Waals surface area contributed by atoms with E-state index in [1.807, 2.05) is 65.8 Å². The fourth-order valence-corrected chi connectivity index (χ4v) is 7.32. The summed E-state index contributed by atoms with van der Waals surface area (Å²) in [6.07, 6.45) is 13.1. The Kier molecular flexibility index (Phi) is 12.4. The number of fused-ring (bicyclic) bond motifs is 1. The lowest BCUT2D eigenvalue weighted by atomic mass is 9.81. The molecule has 4 aromatic rings. The average molecular weight is 707 g/mol. The maximum atomic E-state index is 13.4. The Bertz CT molecular complexity index is 1820. The van der Waals surface area contributed by atoms with Crippen LogP contribution in [0.15, 0.2) is 67.1 Å².